The molecule has 4 rings (SSSR count). The first-order valence-corrected chi connectivity index (χ1v) is 14.4. The van der Waals surface area contributed by atoms with Gasteiger partial charge in [0.15, 0.2) is 22.3 Å². The molecule has 0 aliphatic carbocycles. The lowest BCUT2D eigenvalue weighted by atomic mass is 9.98. The van der Waals surface area contributed by atoms with Gasteiger partial charge in [-0.3, -0.25) is 23.7 Å². The number of hydrogen-bond acceptors (Lipinski definition) is 16. The molecule has 45 heavy (non-hydrogen) atoms. The SMILES string of the molecule is CC(C)(ON=C(C(=O)N[C@@H]1C(=O)N(S(=O)(=O)O)[C@H]1CNC(=O)c1coc(-c2cc(=O)c(O)cn2O)n1)c1csc(N)n1)C(=O)O. The molecule has 0 spiro atoms. The molecular weight excluding hydrogens is 648 g/mol. The standard InChI is InChI=1S/C22H22N8O13S2/c1-22(2,20(36)37)43-28-14(9-7-44-21(23)26-9)17(34)27-15-11(30(19(15)35)45(39,40)41)4-24-16(33)8-6-42-18(25-8)10-3-12(31)13(32)5-29(10)38/h3,5-7,11,15,32,38H,4H2,1-2H3,(H2,23,26)(H,24,33)(H,27,34)(H,36,37)(H,39,40,41)/t11-,15-/m0/s1. The molecule has 0 aromatic carbocycles. The van der Waals surface area contributed by atoms with Gasteiger partial charge in [-0.15, -0.1) is 11.3 Å². The molecule has 1 fully saturated rings. The van der Waals surface area contributed by atoms with Crippen molar-refractivity contribution in [2.75, 3.05) is 12.3 Å². The van der Waals surface area contributed by atoms with E-state index in [9.17, 15) is 52.4 Å². The summed E-state index contributed by atoms with van der Waals surface area (Å²) in [4.78, 5) is 74.3. The number of amides is 3. The second-order valence-corrected chi connectivity index (χ2v) is 11.7. The fourth-order valence-corrected chi connectivity index (χ4v) is 5.05. The summed E-state index contributed by atoms with van der Waals surface area (Å²) in [5.41, 5.74) is 1.21. The Kier molecular flexibility index (Phi) is 8.53. The first kappa shape index (κ1) is 32.4. The highest BCUT2D eigenvalue weighted by molar-refractivity contribution is 7.84. The number of carboxylic acids is 1. The smallest absolute Gasteiger partial charge is 0.362 e. The minimum absolute atomic E-state index is 0.00492. The number of pyridine rings is 1. The van der Waals surface area contributed by atoms with Crippen molar-refractivity contribution in [2.24, 2.45) is 5.16 Å². The van der Waals surface area contributed by atoms with E-state index in [1.54, 1.807) is 0 Å². The van der Waals surface area contributed by atoms with Gasteiger partial charge in [-0.25, -0.2) is 19.1 Å². The summed E-state index contributed by atoms with van der Waals surface area (Å²) in [5, 5.41) is 37.8. The van der Waals surface area contributed by atoms with Crippen molar-refractivity contribution in [3.8, 4) is 17.3 Å². The van der Waals surface area contributed by atoms with Gasteiger partial charge in [-0.1, -0.05) is 5.16 Å². The number of carboxylic acid groups (broad SMARTS) is 1. The van der Waals surface area contributed by atoms with E-state index in [0.717, 1.165) is 37.5 Å². The van der Waals surface area contributed by atoms with Crippen molar-refractivity contribution in [3.63, 3.8) is 0 Å². The molecule has 2 atom stereocenters. The van der Waals surface area contributed by atoms with Crippen molar-refractivity contribution >= 4 is 56.2 Å². The zero-order valence-electron chi connectivity index (χ0n) is 22.8. The Labute approximate surface area is 254 Å². The number of carbonyl (C=O) groups excluding carboxylic acids is 3. The monoisotopic (exact) mass is 670 g/mol. The number of hydrogen-bond donors (Lipinski definition) is 7. The van der Waals surface area contributed by atoms with E-state index in [1.165, 1.54) is 5.38 Å². The minimum Gasteiger partial charge on any atom is -0.503 e. The van der Waals surface area contributed by atoms with Crippen LogP contribution < -0.4 is 21.8 Å². The summed E-state index contributed by atoms with van der Waals surface area (Å²) >= 11 is 0.888. The van der Waals surface area contributed by atoms with Gasteiger partial charge >= 0.3 is 16.3 Å². The fraction of sp³-hybridized carbons (Fsp3) is 0.273. The number of carbonyl (C=O) groups is 4. The van der Waals surface area contributed by atoms with Crippen LogP contribution in [-0.4, -0.2) is 101 Å². The Morgan fingerprint density at radius 3 is 2.53 bits per heavy atom. The van der Waals surface area contributed by atoms with Crippen LogP contribution in [0.3, 0.4) is 0 Å². The number of nitrogens with one attached hydrogen (secondary N) is 2. The van der Waals surface area contributed by atoms with Crippen LogP contribution in [0.2, 0.25) is 0 Å². The van der Waals surface area contributed by atoms with Gasteiger partial charge in [0.1, 0.15) is 23.7 Å². The molecule has 1 aliphatic heterocycles. The van der Waals surface area contributed by atoms with Gasteiger partial charge in [0.2, 0.25) is 16.9 Å². The topological polar surface area (TPSA) is 319 Å². The van der Waals surface area contributed by atoms with Gasteiger partial charge in [-0.2, -0.15) is 13.1 Å². The van der Waals surface area contributed by atoms with E-state index in [0.29, 0.717) is 10.9 Å². The number of aromatic nitrogens is 3. The number of nitrogen functional groups attached to an aromatic ring is 1. The molecule has 3 aromatic rings. The Morgan fingerprint density at radius 1 is 1.24 bits per heavy atom. The molecule has 240 valence electrons. The second kappa shape index (κ2) is 11.9. The molecular formula is C22H22N8O13S2. The second-order valence-electron chi connectivity index (χ2n) is 9.55. The Bertz CT molecular complexity index is 1900. The number of anilines is 1. The molecule has 0 saturated carbocycles. The average molecular weight is 671 g/mol. The maximum Gasteiger partial charge on any atom is 0.362 e. The third-order valence-electron chi connectivity index (χ3n) is 6.00. The van der Waals surface area contributed by atoms with E-state index in [-0.39, 0.29) is 20.8 Å². The summed E-state index contributed by atoms with van der Waals surface area (Å²) in [6, 6.07) is -2.50. The van der Waals surface area contributed by atoms with Crippen LogP contribution in [0.25, 0.3) is 11.6 Å². The quantitative estimate of drug-likeness (QED) is 0.0381. The van der Waals surface area contributed by atoms with E-state index in [2.05, 4.69) is 25.8 Å². The number of nitrogens with two attached hydrogens (primary N) is 1. The van der Waals surface area contributed by atoms with Crippen LogP contribution in [-0.2, 0) is 29.5 Å². The molecule has 1 aliphatic rings. The molecule has 8 N–H and O–H groups in total. The van der Waals surface area contributed by atoms with E-state index >= 15 is 0 Å². The number of oxime groups is 1. The Hall–Kier alpha value is -5.55. The fourth-order valence-electron chi connectivity index (χ4n) is 3.63. The zero-order valence-corrected chi connectivity index (χ0v) is 24.4. The van der Waals surface area contributed by atoms with E-state index < -0.39 is 86.7 Å². The number of oxazole rings is 1. The molecule has 4 heterocycles. The summed E-state index contributed by atoms with van der Waals surface area (Å²) in [5.74, 6) is -6.14. The van der Waals surface area contributed by atoms with Crippen molar-refractivity contribution < 1.29 is 56.8 Å². The Morgan fingerprint density at radius 2 is 1.93 bits per heavy atom. The normalized spacial score (nSPS) is 17.0. The maximum absolute atomic E-state index is 13.2. The third kappa shape index (κ3) is 6.68. The van der Waals surface area contributed by atoms with Crippen molar-refractivity contribution in [3.05, 3.63) is 45.5 Å². The molecule has 3 amide bonds. The zero-order chi connectivity index (χ0) is 33.4. The number of aromatic hydroxyl groups is 1. The molecule has 23 heteroatoms. The molecule has 0 radical (unpaired) electrons. The van der Waals surface area contributed by atoms with Gasteiger partial charge in [0.25, 0.3) is 17.7 Å². The van der Waals surface area contributed by atoms with Crippen LogP contribution >= 0.6 is 11.3 Å². The lowest BCUT2D eigenvalue weighted by molar-refractivity contribution is -0.161. The van der Waals surface area contributed by atoms with Crippen LogP contribution in [0.15, 0.2) is 38.3 Å². The molecule has 21 nitrogen and oxygen atoms in total. The van der Waals surface area contributed by atoms with Gasteiger partial charge in [0.05, 0.1) is 12.2 Å². The van der Waals surface area contributed by atoms with E-state index in [4.69, 9.17) is 15.0 Å². The molecule has 3 aromatic heterocycles. The molecule has 0 bridgehead atoms. The predicted octanol–water partition coefficient (Wildman–Crippen LogP) is -2.00. The predicted molar refractivity (Wildman–Crippen MR) is 147 cm³/mol. The number of nitrogens with zero attached hydrogens (tertiary/aromatic N) is 5. The highest BCUT2D eigenvalue weighted by Gasteiger charge is 2.54. The van der Waals surface area contributed by atoms with Crippen molar-refractivity contribution in [1.29, 1.82) is 0 Å². The van der Waals surface area contributed by atoms with Crippen molar-refractivity contribution in [2.45, 2.75) is 31.5 Å². The Balaban J connectivity index is 1.54. The van der Waals surface area contributed by atoms with Crippen LogP contribution in [0.5, 0.6) is 5.75 Å². The number of thiazole rings is 1. The molecule has 0 unspecified atom stereocenters. The lowest BCUT2D eigenvalue weighted by Crippen LogP contribution is -2.74. The summed E-state index contributed by atoms with van der Waals surface area (Å²) in [6.07, 6.45) is 1.47. The number of rotatable bonds is 11. The van der Waals surface area contributed by atoms with Gasteiger partial charge < -0.3 is 41.0 Å². The van der Waals surface area contributed by atoms with Crippen LogP contribution in [0.4, 0.5) is 5.13 Å². The maximum atomic E-state index is 13.2. The van der Waals surface area contributed by atoms with Crippen LogP contribution in [0, 0.1) is 0 Å². The van der Waals surface area contributed by atoms with Gasteiger partial charge in [-0.05, 0) is 13.8 Å². The summed E-state index contributed by atoms with van der Waals surface area (Å²) in [6.45, 7) is 1.57. The average Bonchev–Trinajstić information content (AvgIpc) is 3.60. The minimum atomic E-state index is -5.18. The lowest BCUT2D eigenvalue weighted by Gasteiger charge is -2.44. The number of aliphatic carboxylic acids is 1. The largest absolute Gasteiger partial charge is 0.503 e. The summed E-state index contributed by atoms with van der Waals surface area (Å²) in [7, 11) is -5.18. The summed E-state index contributed by atoms with van der Waals surface area (Å²) < 4.78 is 38.7. The number of β-lactam (4-membered cyclic amide) rings is 1. The highest BCUT2D eigenvalue weighted by atomic mass is 32.2. The third-order valence-corrected chi connectivity index (χ3v) is 7.63. The highest BCUT2D eigenvalue weighted by Crippen LogP contribution is 2.24. The first-order chi connectivity index (χ1) is 20.9. The van der Waals surface area contributed by atoms with Gasteiger partial charge in [0, 0.05) is 18.0 Å². The van der Waals surface area contributed by atoms with Crippen LogP contribution in [0.1, 0.15) is 30.0 Å². The van der Waals surface area contributed by atoms with Crippen molar-refractivity contribution in [1.82, 2.24) is 29.6 Å². The first-order valence-electron chi connectivity index (χ1n) is 12.1. The molecule has 1 saturated heterocycles. The van der Waals surface area contributed by atoms with E-state index in [1.807, 2.05) is 0 Å².